The molecule has 54 heavy (non-hydrogen) atoms. The molecular weight excluding hydrogens is 651 g/mol. The van der Waals surface area contributed by atoms with Crippen LogP contribution in [0.15, 0.2) is 170 Å². The summed E-state index contributed by atoms with van der Waals surface area (Å²) in [7, 11) is 0. The van der Waals surface area contributed by atoms with Crippen molar-refractivity contribution in [1.82, 2.24) is 0 Å². The molecular formula is C53H45N. The lowest BCUT2D eigenvalue weighted by molar-refractivity contribution is 0.443. The van der Waals surface area contributed by atoms with Gasteiger partial charge < -0.3 is 4.90 Å². The van der Waals surface area contributed by atoms with Gasteiger partial charge in [0.25, 0.3) is 0 Å². The molecule has 0 amide bonds. The van der Waals surface area contributed by atoms with E-state index in [-0.39, 0.29) is 5.41 Å². The number of rotatable bonds is 6. The Morgan fingerprint density at radius 2 is 1.06 bits per heavy atom. The maximum Gasteiger partial charge on any atom is 0.0546 e. The topological polar surface area (TPSA) is 3.24 Å². The fraction of sp³-hybridized carbons (Fsp3) is 0.170. The highest BCUT2D eigenvalue weighted by molar-refractivity contribution is 6.11. The molecule has 0 saturated heterocycles. The summed E-state index contributed by atoms with van der Waals surface area (Å²) >= 11 is 0. The van der Waals surface area contributed by atoms with Crippen LogP contribution in [0.2, 0.25) is 0 Å². The summed E-state index contributed by atoms with van der Waals surface area (Å²) < 4.78 is 0. The van der Waals surface area contributed by atoms with E-state index in [1.807, 2.05) is 0 Å². The summed E-state index contributed by atoms with van der Waals surface area (Å²) in [5, 5.41) is 4.99. The summed E-state index contributed by atoms with van der Waals surface area (Å²) in [6, 6.07) is 63.7. The Morgan fingerprint density at radius 1 is 0.463 bits per heavy atom. The highest BCUT2D eigenvalue weighted by atomic mass is 15.1. The SMILES string of the molecule is CC1(C)c2ccccc2-c2cc(N(c3ccc(-c4ccc(C5CCCCC5)cc4)cc3)c3ccc4ccccc4c3-c3cccc4ccccc34)ccc21. The monoisotopic (exact) mass is 695 g/mol. The molecule has 10 rings (SSSR count). The summed E-state index contributed by atoms with van der Waals surface area (Å²) in [6.45, 7) is 4.72. The Hall–Kier alpha value is -5.92. The molecule has 0 spiro atoms. The summed E-state index contributed by atoms with van der Waals surface area (Å²) in [6.07, 6.45) is 6.75. The van der Waals surface area contributed by atoms with Crippen LogP contribution in [0.4, 0.5) is 17.1 Å². The van der Waals surface area contributed by atoms with Gasteiger partial charge in [0, 0.05) is 22.4 Å². The average molecular weight is 696 g/mol. The number of benzene rings is 8. The molecule has 1 nitrogen and oxygen atoms in total. The predicted octanol–water partition coefficient (Wildman–Crippen LogP) is 15.2. The van der Waals surface area contributed by atoms with Crippen LogP contribution in [0.5, 0.6) is 0 Å². The largest absolute Gasteiger partial charge is 0.310 e. The lowest BCUT2D eigenvalue weighted by Crippen LogP contribution is -2.15. The molecule has 0 N–H and O–H groups in total. The molecule has 0 aromatic heterocycles. The zero-order valence-corrected chi connectivity index (χ0v) is 31.2. The normalized spacial score (nSPS) is 14.9. The summed E-state index contributed by atoms with van der Waals surface area (Å²) in [4.78, 5) is 2.49. The van der Waals surface area contributed by atoms with Crippen LogP contribution in [0.1, 0.15) is 68.6 Å². The Morgan fingerprint density at radius 3 is 1.83 bits per heavy atom. The molecule has 8 aromatic rings. The average Bonchev–Trinajstić information content (AvgIpc) is 3.46. The van der Waals surface area contributed by atoms with E-state index in [0.717, 1.165) is 11.4 Å². The highest BCUT2D eigenvalue weighted by Gasteiger charge is 2.35. The van der Waals surface area contributed by atoms with Crippen LogP contribution in [0, 0.1) is 0 Å². The van der Waals surface area contributed by atoms with Crippen molar-refractivity contribution in [1.29, 1.82) is 0 Å². The van der Waals surface area contributed by atoms with Crippen molar-refractivity contribution in [2.45, 2.75) is 57.3 Å². The number of hydrogen-bond donors (Lipinski definition) is 0. The van der Waals surface area contributed by atoms with Gasteiger partial charge in [-0.25, -0.2) is 0 Å². The van der Waals surface area contributed by atoms with Gasteiger partial charge in [0.05, 0.1) is 5.69 Å². The van der Waals surface area contributed by atoms with Crippen molar-refractivity contribution in [2.24, 2.45) is 0 Å². The van der Waals surface area contributed by atoms with Gasteiger partial charge in [-0.05, 0) is 115 Å². The van der Waals surface area contributed by atoms with Gasteiger partial charge in [-0.15, -0.1) is 0 Å². The van der Waals surface area contributed by atoms with Crippen molar-refractivity contribution in [3.8, 4) is 33.4 Å². The number of hydrogen-bond acceptors (Lipinski definition) is 1. The Labute approximate surface area is 319 Å². The minimum Gasteiger partial charge on any atom is -0.310 e. The third kappa shape index (κ3) is 5.45. The lowest BCUT2D eigenvalue weighted by Gasteiger charge is -2.30. The second-order valence-electron chi connectivity index (χ2n) is 15.9. The van der Waals surface area contributed by atoms with E-state index < -0.39 is 0 Å². The standard InChI is InChI=1S/C53H45N/c1-53(2)49-22-11-10-20-46(49)48-35-43(32-33-50(48)53)54(42-30-27-39(28-31-42)38-25-23-37(24-26-38)36-13-4-3-5-14-36)51-34-29-41-16-7-9-19-45(41)52(51)47-21-12-17-40-15-6-8-18-44(40)47/h6-12,15-36H,3-5,13-14H2,1-2H3. The molecule has 1 heteroatoms. The molecule has 0 heterocycles. The van der Waals surface area contributed by atoms with E-state index >= 15 is 0 Å². The fourth-order valence-electron chi connectivity index (χ4n) is 9.63. The van der Waals surface area contributed by atoms with Crippen molar-refractivity contribution in [2.75, 3.05) is 4.90 Å². The molecule has 0 radical (unpaired) electrons. The van der Waals surface area contributed by atoms with Crippen molar-refractivity contribution >= 4 is 38.6 Å². The van der Waals surface area contributed by atoms with Gasteiger partial charge >= 0.3 is 0 Å². The molecule has 0 atom stereocenters. The Balaban J connectivity index is 1.16. The zero-order chi connectivity index (χ0) is 36.2. The van der Waals surface area contributed by atoms with Crippen LogP contribution in [-0.2, 0) is 5.41 Å². The Kier molecular flexibility index (Phi) is 7.99. The van der Waals surface area contributed by atoms with Gasteiger partial charge in [-0.2, -0.15) is 0 Å². The number of fused-ring (bicyclic) bond motifs is 5. The first-order chi connectivity index (χ1) is 26.5. The van der Waals surface area contributed by atoms with E-state index in [4.69, 9.17) is 0 Å². The van der Waals surface area contributed by atoms with E-state index in [0.29, 0.717) is 5.92 Å². The first-order valence-electron chi connectivity index (χ1n) is 19.8. The minimum absolute atomic E-state index is 0.0550. The van der Waals surface area contributed by atoms with E-state index in [9.17, 15) is 0 Å². The molecule has 0 aliphatic heterocycles. The van der Waals surface area contributed by atoms with Gasteiger partial charge in [-0.1, -0.05) is 173 Å². The maximum absolute atomic E-state index is 2.49. The van der Waals surface area contributed by atoms with Gasteiger partial charge in [-0.3, -0.25) is 0 Å². The van der Waals surface area contributed by atoms with Gasteiger partial charge in [0.2, 0.25) is 0 Å². The Bertz CT molecular complexity index is 2650. The smallest absolute Gasteiger partial charge is 0.0546 e. The predicted molar refractivity (Wildman–Crippen MR) is 230 cm³/mol. The lowest BCUT2D eigenvalue weighted by atomic mass is 9.82. The third-order valence-corrected chi connectivity index (χ3v) is 12.5. The first kappa shape index (κ1) is 32.7. The molecule has 8 aromatic carbocycles. The molecule has 262 valence electrons. The summed E-state index contributed by atoms with van der Waals surface area (Å²) in [5.41, 5.74) is 15.3. The minimum atomic E-state index is -0.0550. The van der Waals surface area contributed by atoms with Crippen LogP contribution in [0.25, 0.3) is 54.9 Å². The van der Waals surface area contributed by atoms with Crippen molar-refractivity contribution < 1.29 is 0 Å². The molecule has 0 unspecified atom stereocenters. The van der Waals surface area contributed by atoms with E-state index in [1.54, 1.807) is 0 Å². The number of nitrogens with zero attached hydrogens (tertiary/aromatic N) is 1. The molecule has 2 aliphatic carbocycles. The fourth-order valence-corrected chi connectivity index (χ4v) is 9.63. The van der Waals surface area contributed by atoms with E-state index in [1.165, 1.54) is 109 Å². The molecule has 2 aliphatic rings. The second kappa shape index (κ2) is 13.2. The van der Waals surface area contributed by atoms with Gasteiger partial charge in [0.15, 0.2) is 0 Å². The molecule has 0 bridgehead atoms. The van der Waals surface area contributed by atoms with Crippen molar-refractivity contribution in [3.05, 3.63) is 187 Å². The second-order valence-corrected chi connectivity index (χ2v) is 15.9. The van der Waals surface area contributed by atoms with Crippen LogP contribution < -0.4 is 4.90 Å². The van der Waals surface area contributed by atoms with E-state index in [2.05, 4.69) is 189 Å². The highest BCUT2D eigenvalue weighted by Crippen LogP contribution is 2.52. The number of anilines is 3. The quantitative estimate of drug-likeness (QED) is 0.167. The third-order valence-electron chi connectivity index (χ3n) is 12.5. The molecule has 1 fully saturated rings. The first-order valence-corrected chi connectivity index (χ1v) is 19.8. The van der Waals surface area contributed by atoms with Crippen LogP contribution in [-0.4, -0.2) is 0 Å². The molecule has 1 saturated carbocycles. The van der Waals surface area contributed by atoms with Crippen molar-refractivity contribution in [3.63, 3.8) is 0 Å². The van der Waals surface area contributed by atoms with Crippen LogP contribution in [0.3, 0.4) is 0 Å². The van der Waals surface area contributed by atoms with Gasteiger partial charge in [0.1, 0.15) is 0 Å². The zero-order valence-electron chi connectivity index (χ0n) is 31.2. The maximum atomic E-state index is 2.49. The van der Waals surface area contributed by atoms with Crippen LogP contribution >= 0.6 is 0 Å². The summed E-state index contributed by atoms with van der Waals surface area (Å²) in [5.74, 6) is 0.714.